The predicted octanol–water partition coefficient (Wildman–Crippen LogP) is 2.42. The number of hydrogen-bond donors (Lipinski definition) is 5. The summed E-state index contributed by atoms with van der Waals surface area (Å²) in [6.45, 7) is 6.13. The third-order valence-corrected chi connectivity index (χ3v) is 4.69. The number of carboxylic acids is 1. The van der Waals surface area contributed by atoms with Crippen LogP contribution in [0.4, 0.5) is 17.5 Å². The summed E-state index contributed by atoms with van der Waals surface area (Å²) in [7, 11) is 0. The number of nitrogens with one attached hydrogen (secondary N) is 3. The van der Waals surface area contributed by atoms with Crippen molar-refractivity contribution in [2.45, 2.75) is 52.2 Å². The maximum Gasteiger partial charge on any atom is 0.303 e. The van der Waals surface area contributed by atoms with Gasteiger partial charge in [-0.1, -0.05) is 0 Å². The van der Waals surface area contributed by atoms with Crippen molar-refractivity contribution in [3.63, 3.8) is 0 Å². The molecule has 11 nitrogen and oxygen atoms in total. The number of amides is 1. The van der Waals surface area contributed by atoms with E-state index >= 15 is 0 Å². The van der Waals surface area contributed by atoms with Gasteiger partial charge in [-0.2, -0.15) is 9.97 Å². The number of nitrogens with two attached hydrogens (primary N) is 1. The van der Waals surface area contributed by atoms with E-state index in [1.54, 1.807) is 37.4 Å². The second-order valence-corrected chi connectivity index (χ2v) is 8.00. The minimum atomic E-state index is -0.884. The lowest BCUT2D eigenvalue weighted by Gasteiger charge is -2.13. The smallest absolute Gasteiger partial charge is 0.303 e. The van der Waals surface area contributed by atoms with Crippen LogP contribution in [0.1, 0.15) is 49.7 Å². The lowest BCUT2D eigenvalue weighted by atomic mass is 10.1. The van der Waals surface area contributed by atoms with Gasteiger partial charge in [0.15, 0.2) is 17.0 Å². The third-order valence-electron chi connectivity index (χ3n) is 4.69. The predicted molar refractivity (Wildman–Crippen MR) is 126 cm³/mol. The van der Waals surface area contributed by atoms with Gasteiger partial charge in [0, 0.05) is 29.8 Å². The number of benzene rings is 1. The first-order valence-corrected chi connectivity index (χ1v) is 10.6. The topological polar surface area (TPSA) is 168 Å². The molecule has 6 N–H and O–H groups in total. The molecule has 2 heterocycles. The average Bonchev–Trinajstić information content (AvgIpc) is 2.76. The third kappa shape index (κ3) is 6.73. The Hall–Kier alpha value is -4.02. The van der Waals surface area contributed by atoms with Crippen LogP contribution in [-0.4, -0.2) is 49.0 Å². The molecule has 0 aliphatic rings. The zero-order valence-corrected chi connectivity index (χ0v) is 18.8. The Labute approximate surface area is 191 Å². The first-order valence-electron chi connectivity index (χ1n) is 10.6. The van der Waals surface area contributed by atoms with Gasteiger partial charge in [0.05, 0.1) is 18.4 Å². The molecule has 1 atom stereocenters. The van der Waals surface area contributed by atoms with Crippen molar-refractivity contribution >= 4 is 40.5 Å². The highest BCUT2D eigenvalue weighted by Gasteiger charge is 2.12. The standard InChI is InChI=1S/C22H28N8O3/c1-12(2)26-22-29-19(23)18-20(30-22)25-11-16(28-18)10-24-15-7-5-14(6-8-15)21(33)27-13(3)4-9-17(31)32/h5-8,11-13,24H,4,9-10H2,1-3H3,(H,27,33)(H,31,32)(H3,23,25,26,29,30)/t13-/m1/s1. The van der Waals surface area contributed by atoms with Crippen LogP contribution in [0, 0.1) is 0 Å². The van der Waals surface area contributed by atoms with E-state index in [1.807, 2.05) is 13.8 Å². The number of aliphatic carboxylic acids is 1. The molecule has 1 aromatic carbocycles. The number of carbonyl (C=O) groups excluding carboxylic acids is 1. The van der Waals surface area contributed by atoms with Crippen molar-refractivity contribution in [3.8, 4) is 0 Å². The quantitative estimate of drug-likeness (QED) is 0.308. The van der Waals surface area contributed by atoms with Crippen molar-refractivity contribution < 1.29 is 14.7 Å². The number of nitrogen functional groups attached to an aromatic ring is 1. The monoisotopic (exact) mass is 452 g/mol. The van der Waals surface area contributed by atoms with E-state index in [2.05, 4.69) is 35.9 Å². The van der Waals surface area contributed by atoms with Gasteiger partial charge in [-0.05, 0) is 51.5 Å². The number of rotatable bonds is 10. The fourth-order valence-corrected chi connectivity index (χ4v) is 3.02. The maximum absolute atomic E-state index is 12.3. The molecule has 0 saturated carbocycles. The molecule has 174 valence electrons. The average molecular weight is 453 g/mol. The SMILES string of the molecule is CC(C)Nc1nc(N)c2nc(CNc3ccc(C(=O)N[C@H](C)CCC(=O)O)cc3)cnc2n1. The number of carboxylic acid groups (broad SMARTS) is 1. The Morgan fingerprint density at radius 1 is 1.09 bits per heavy atom. The molecule has 0 aliphatic heterocycles. The summed E-state index contributed by atoms with van der Waals surface area (Å²) >= 11 is 0. The second-order valence-electron chi connectivity index (χ2n) is 8.00. The molecular formula is C22H28N8O3. The van der Waals surface area contributed by atoms with Gasteiger partial charge in [0.25, 0.3) is 5.91 Å². The summed E-state index contributed by atoms with van der Waals surface area (Å²) in [6.07, 6.45) is 2.01. The van der Waals surface area contributed by atoms with Gasteiger partial charge in [-0.25, -0.2) is 9.97 Å². The van der Waals surface area contributed by atoms with Crippen LogP contribution < -0.4 is 21.7 Å². The molecule has 0 aliphatic carbocycles. The van der Waals surface area contributed by atoms with Crippen molar-refractivity contribution in [2.24, 2.45) is 0 Å². The first kappa shape index (κ1) is 23.6. The molecule has 0 unspecified atom stereocenters. The van der Waals surface area contributed by atoms with E-state index in [0.717, 1.165) is 5.69 Å². The summed E-state index contributed by atoms with van der Waals surface area (Å²) in [5.74, 6) is -0.464. The van der Waals surface area contributed by atoms with Gasteiger partial charge in [0.2, 0.25) is 5.95 Å². The largest absolute Gasteiger partial charge is 0.481 e. The number of nitrogens with zero attached hydrogens (tertiary/aromatic N) is 4. The molecule has 3 aromatic rings. The van der Waals surface area contributed by atoms with Gasteiger partial charge in [-0.3, -0.25) is 9.59 Å². The number of fused-ring (bicyclic) bond motifs is 1. The van der Waals surface area contributed by atoms with E-state index in [9.17, 15) is 9.59 Å². The van der Waals surface area contributed by atoms with Crippen molar-refractivity contribution in [3.05, 3.63) is 41.7 Å². The van der Waals surface area contributed by atoms with E-state index < -0.39 is 5.97 Å². The Morgan fingerprint density at radius 3 is 2.48 bits per heavy atom. The highest BCUT2D eigenvalue weighted by Crippen LogP contribution is 2.17. The van der Waals surface area contributed by atoms with Crippen molar-refractivity contribution in [1.29, 1.82) is 0 Å². The van der Waals surface area contributed by atoms with Gasteiger partial charge < -0.3 is 26.8 Å². The fraction of sp³-hybridized carbons (Fsp3) is 0.364. The Bertz CT molecular complexity index is 1130. The highest BCUT2D eigenvalue weighted by atomic mass is 16.4. The number of aromatic nitrogens is 4. The Balaban J connectivity index is 1.60. The van der Waals surface area contributed by atoms with Crippen LogP contribution >= 0.6 is 0 Å². The molecule has 0 bridgehead atoms. The van der Waals surface area contributed by atoms with Gasteiger partial charge >= 0.3 is 5.97 Å². The number of hydrogen-bond acceptors (Lipinski definition) is 9. The van der Waals surface area contributed by atoms with E-state index in [0.29, 0.717) is 41.3 Å². The normalized spacial score (nSPS) is 11.9. The summed E-state index contributed by atoms with van der Waals surface area (Å²) in [5, 5.41) is 17.9. The lowest BCUT2D eigenvalue weighted by Crippen LogP contribution is -2.32. The van der Waals surface area contributed by atoms with Crippen LogP contribution in [0.3, 0.4) is 0 Å². The summed E-state index contributed by atoms with van der Waals surface area (Å²) in [6, 6.07) is 6.90. The zero-order chi connectivity index (χ0) is 24.0. The minimum absolute atomic E-state index is 0.00966. The summed E-state index contributed by atoms with van der Waals surface area (Å²) < 4.78 is 0. The molecule has 0 saturated heterocycles. The van der Waals surface area contributed by atoms with Crippen LogP contribution in [0.2, 0.25) is 0 Å². The molecule has 3 rings (SSSR count). The van der Waals surface area contributed by atoms with Gasteiger partial charge in [0.1, 0.15) is 0 Å². The summed E-state index contributed by atoms with van der Waals surface area (Å²) in [4.78, 5) is 40.4. The molecule has 1 amide bonds. The van der Waals surface area contributed by atoms with Crippen LogP contribution in [0.25, 0.3) is 11.2 Å². The van der Waals surface area contributed by atoms with Crippen molar-refractivity contribution in [1.82, 2.24) is 25.3 Å². The second kappa shape index (κ2) is 10.5. The van der Waals surface area contributed by atoms with Crippen LogP contribution in [-0.2, 0) is 11.3 Å². The molecular weight excluding hydrogens is 424 g/mol. The first-order chi connectivity index (χ1) is 15.7. The van der Waals surface area contributed by atoms with Gasteiger partial charge in [-0.15, -0.1) is 0 Å². The number of carbonyl (C=O) groups is 2. The Kier molecular flexibility index (Phi) is 7.54. The van der Waals surface area contributed by atoms with Crippen molar-refractivity contribution in [2.75, 3.05) is 16.4 Å². The maximum atomic E-state index is 12.3. The van der Waals surface area contributed by atoms with E-state index in [4.69, 9.17) is 10.8 Å². The van der Waals surface area contributed by atoms with Crippen LogP contribution in [0.5, 0.6) is 0 Å². The zero-order valence-electron chi connectivity index (χ0n) is 18.8. The fourth-order valence-electron chi connectivity index (χ4n) is 3.02. The molecule has 0 fully saturated rings. The van der Waals surface area contributed by atoms with Crippen LogP contribution in [0.15, 0.2) is 30.5 Å². The molecule has 11 heteroatoms. The lowest BCUT2D eigenvalue weighted by molar-refractivity contribution is -0.137. The number of anilines is 3. The summed E-state index contributed by atoms with van der Waals surface area (Å²) in [5.41, 5.74) is 8.85. The van der Waals surface area contributed by atoms with E-state index in [-0.39, 0.29) is 30.2 Å². The molecule has 33 heavy (non-hydrogen) atoms. The highest BCUT2D eigenvalue weighted by molar-refractivity contribution is 5.94. The minimum Gasteiger partial charge on any atom is -0.481 e. The molecule has 0 radical (unpaired) electrons. The van der Waals surface area contributed by atoms with E-state index in [1.165, 1.54) is 0 Å². The Morgan fingerprint density at radius 2 is 1.82 bits per heavy atom. The molecule has 2 aromatic heterocycles. The molecule has 0 spiro atoms.